The van der Waals surface area contributed by atoms with E-state index in [9.17, 15) is 0 Å². The van der Waals surface area contributed by atoms with Crippen LogP contribution in [0.2, 0.25) is 0 Å². The third-order valence-corrected chi connectivity index (χ3v) is 3.50. The van der Waals surface area contributed by atoms with Gasteiger partial charge in [-0.2, -0.15) is 9.97 Å². The van der Waals surface area contributed by atoms with Crippen LogP contribution in [0.3, 0.4) is 0 Å². The van der Waals surface area contributed by atoms with Gasteiger partial charge in [-0.05, 0) is 6.26 Å². The largest absolute Gasteiger partial charge is 0.382 e. The molecule has 0 unspecified atom stereocenters. The summed E-state index contributed by atoms with van der Waals surface area (Å²) >= 11 is 3.03. The Labute approximate surface area is 94.7 Å². The minimum absolute atomic E-state index is 0. The molecule has 0 amide bonds. The SMILES string of the molecule is CSc1nc2nc(N)nc(N)c2s1.Cl. The van der Waals surface area contributed by atoms with Gasteiger partial charge in [-0.3, -0.25) is 0 Å². The average molecular weight is 250 g/mol. The molecule has 8 heteroatoms. The van der Waals surface area contributed by atoms with Gasteiger partial charge in [0.1, 0.15) is 10.5 Å². The Kier molecular flexibility index (Phi) is 3.35. The third kappa shape index (κ3) is 1.84. The number of fused-ring (bicyclic) bond motifs is 1. The van der Waals surface area contributed by atoms with Crippen LogP contribution in [0.25, 0.3) is 10.3 Å². The maximum absolute atomic E-state index is 5.66. The molecule has 2 heterocycles. The standard InChI is InChI=1S/C6H7N5S2.ClH/c1-12-6-11-4-2(13-6)3(7)9-5(8)10-4;/h1H3,(H4,7,8,9,10);1H. The van der Waals surface area contributed by atoms with E-state index in [4.69, 9.17) is 11.5 Å². The lowest BCUT2D eigenvalue weighted by molar-refractivity contribution is 1.19. The summed E-state index contributed by atoms with van der Waals surface area (Å²) in [6, 6.07) is 0. The summed E-state index contributed by atoms with van der Waals surface area (Å²) in [5.74, 6) is 0.572. The molecule has 0 bridgehead atoms. The summed E-state index contributed by atoms with van der Waals surface area (Å²) in [5.41, 5.74) is 11.7. The van der Waals surface area contributed by atoms with Crippen molar-refractivity contribution in [2.75, 3.05) is 17.7 Å². The van der Waals surface area contributed by atoms with Crippen molar-refractivity contribution >= 4 is 57.6 Å². The topological polar surface area (TPSA) is 90.7 Å². The van der Waals surface area contributed by atoms with Crippen molar-refractivity contribution in [3.05, 3.63) is 0 Å². The van der Waals surface area contributed by atoms with Crippen molar-refractivity contribution < 1.29 is 0 Å². The summed E-state index contributed by atoms with van der Waals surface area (Å²) in [6.45, 7) is 0. The molecular weight excluding hydrogens is 242 g/mol. The lowest BCUT2D eigenvalue weighted by Crippen LogP contribution is -1.98. The minimum atomic E-state index is 0. The van der Waals surface area contributed by atoms with E-state index in [-0.39, 0.29) is 18.4 Å². The van der Waals surface area contributed by atoms with E-state index in [0.29, 0.717) is 11.5 Å². The molecule has 0 aliphatic heterocycles. The van der Waals surface area contributed by atoms with Gasteiger partial charge < -0.3 is 11.5 Å². The number of hydrogen-bond acceptors (Lipinski definition) is 7. The second kappa shape index (κ2) is 4.16. The third-order valence-electron chi connectivity index (χ3n) is 1.45. The van der Waals surface area contributed by atoms with E-state index in [1.54, 1.807) is 11.8 Å². The van der Waals surface area contributed by atoms with Crippen molar-refractivity contribution in [3.63, 3.8) is 0 Å². The number of halogens is 1. The molecule has 0 spiro atoms. The van der Waals surface area contributed by atoms with Gasteiger partial charge in [-0.15, -0.1) is 23.7 Å². The number of rotatable bonds is 1. The van der Waals surface area contributed by atoms with Gasteiger partial charge >= 0.3 is 0 Å². The van der Waals surface area contributed by atoms with E-state index in [0.717, 1.165) is 9.04 Å². The molecule has 2 aromatic rings. The lowest BCUT2D eigenvalue weighted by atomic mass is 10.5. The summed E-state index contributed by atoms with van der Waals surface area (Å²) < 4.78 is 1.72. The summed E-state index contributed by atoms with van der Waals surface area (Å²) in [6.07, 6.45) is 1.95. The highest BCUT2D eigenvalue weighted by molar-refractivity contribution is 8.00. The van der Waals surface area contributed by atoms with Crippen LogP contribution in [-0.2, 0) is 0 Å². The monoisotopic (exact) mass is 249 g/mol. The Morgan fingerprint density at radius 1 is 1.21 bits per heavy atom. The highest BCUT2D eigenvalue weighted by atomic mass is 35.5. The van der Waals surface area contributed by atoms with E-state index in [1.165, 1.54) is 11.3 Å². The Morgan fingerprint density at radius 3 is 2.57 bits per heavy atom. The molecule has 4 N–H and O–H groups in total. The first-order valence-corrected chi connectivity index (χ1v) is 5.48. The summed E-state index contributed by atoms with van der Waals surface area (Å²) in [5, 5.41) is 0. The zero-order valence-electron chi connectivity index (χ0n) is 7.22. The normalized spacial score (nSPS) is 10.1. The number of aromatic nitrogens is 3. The Bertz CT molecular complexity index is 457. The van der Waals surface area contributed by atoms with Gasteiger partial charge in [0.25, 0.3) is 0 Å². The van der Waals surface area contributed by atoms with Crippen molar-refractivity contribution in [1.29, 1.82) is 0 Å². The fourth-order valence-electron chi connectivity index (χ4n) is 0.931. The lowest BCUT2D eigenvalue weighted by Gasteiger charge is -1.93. The van der Waals surface area contributed by atoms with E-state index < -0.39 is 0 Å². The van der Waals surface area contributed by atoms with E-state index >= 15 is 0 Å². The van der Waals surface area contributed by atoms with Crippen molar-refractivity contribution in [2.24, 2.45) is 0 Å². The number of nitrogens with two attached hydrogens (primary N) is 2. The maximum atomic E-state index is 5.66. The molecule has 2 aromatic heterocycles. The quantitative estimate of drug-likeness (QED) is 0.743. The molecule has 0 fully saturated rings. The van der Waals surface area contributed by atoms with Gasteiger partial charge in [0, 0.05) is 0 Å². The molecule has 0 atom stereocenters. The molecule has 76 valence electrons. The Hall–Kier alpha value is -0.790. The predicted molar refractivity (Wildman–Crippen MR) is 63.1 cm³/mol. The van der Waals surface area contributed by atoms with Crippen molar-refractivity contribution in [2.45, 2.75) is 4.34 Å². The second-order valence-electron chi connectivity index (χ2n) is 2.30. The maximum Gasteiger partial charge on any atom is 0.224 e. The van der Waals surface area contributed by atoms with Crippen LogP contribution in [0, 0.1) is 0 Å². The van der Waals surface area contributed by atoms with Crippen LogP contribution in [-0.4, -0.2) is 21.2 Å². The number of nitrogens with zero attached hydrogens (tertiary/aromatic N) is 3. The van der Waals surface area contributed by atoms with Crippen LogP contribution < -0.4 is 11.5 Å². The number of hydrogen-bond donors (Lipinski definition) is 2. The first-order chi connectivity index (χ1) is 6.20. The molecule has 0 saturated heterocycles. The average Bonchev–Trinajstić information content (AvgIpc) is 2.47. The van der Waals surface area contributed by atoms with Crippen LogP contribution in [0.15, 0.2) is 4.34 Å². The van der Waals surface area contributed by atoms with Gasteiger partial charge in [-0.1, -0.05) is 11.8 Å². The summed E-state index contributed by atoms with van der Waals surface area (Å²) in [4.78, 5) is 12.1. The fourth-order valence-corrected chi connectivity index (χ4v) is 2.33. The number of nitrogen functional groups attached to an aromatic ring is 2. The molecular formula is C6H8ClN5S2. The zero-order chi connectivity index (χ0) is 9.42. The highest BCUT2D eigenvalue weighted by Crippen LogP contribution is 2.30. The van der Waals surface area contributed by atoms with Crippen LogP contribution >= 0.6 is 35.5 Å². The molecule has 0 aromatic carbocycles. The van der Waals surface area contributed by atoms with Gasteiger partial charge in [0.2, 0.25) is 5.95 Å². The second-order valence-corrected chi connectivity index (χ2v) is 4.36. The number of anilines is 2. The van der Waals surface area contributed by atoms with Crippen LogP contribution in [0.4, 0.5) is 11.8 Å². The predicted octanol–water partition coefficient (Wildman–Crippen LogP) is 1.39. The molecule has 0 aliphatic carbocycles. The number of thioether (sulfide) groups is 1. The van der Waals surface area contributed by atoms with Crippen molar-refractivity contribution in [1.82, 2.24) is 15.0 Å². The van der Waals surface area contributed by atoms with Crippen LogP contribution in [0.5, 0.6) is 0 Å². The highest BCUT2D eigenvalue weighted by Gasteiger charge is 2.09. The van der Waals surface area contributed by atoms with Gasteiger partial charge in [-0.25, -0.2) is 4.98 Å². The smallest absolute Gasteiger partial charge is 0.224 e. The Balaban J connectivity index is 0.000000980. The molecule has 0 radical (unpaired) electrons. The van der Waals surface area contributed by atoms with Crippen molar-refractivity contribution in [3.8, 4) is 0 Å². The van der Waals surface area contributed by atoms with E-state index in [1.807, 2.05) is 6.26 Å². The van der Waals surface area contributed by atoms with Gasteiger partial charge in [0.15, 0.2) is 9.99 Å². The molecule has 14 heavy (non-hydrogen) atoms. The van der Waals surface area contributed by atoms with Crippen LogP contribution in [0.1, 0.15) is 0 Å². The van der Waals surface area contributed by atoms with Gasteiger partial charge in [0.05, 0.1) is 0 Å². The van der Waals surface area contributed by atoms with E-state index in [2.05, 4.69) is 15.0 Å². The first-order valence-electron chi connectivity index (χ1n) is 3.44. The summed E-state index contributed by atoms with van der Waals surface area (Å²) in [7, 11) is 0. The molecule has 2 rings (SSSR count). The Morgan fingerprint density at radius 2 is 1.93 bits per heavy atom. The fraction of sp³-hybridized carbons (Fsp3) is 0.167. The molecule has 0 aliphatic rings. The first kappa shape index (κ1) is 11.3. The minimum Gasteiger partial charge on any atom is -0.382 e. The molecule has 5 nitrogen and oxygen atoms in total. The number of thiazole rings is 1. The zero-order valence-corrected chi connectivity index (χ0v) is 9.67. The molecule has 0 saturated carbocycles.